The van der Waals surface area contributed by atoms with Gasteiger partial charge in [0.05, 0.1) is 25.3 Å². The Bertz CT molecular complexity index is 721. The highest BCUT2D eigenvalue weighted by Gasteiger charge is 2.37. The molecule has 3 aliphatic rings. The Hall–Kier alpha value is -2.35. The maximum atomic E-state index is 12.9. The van der Waals surface area contributed by atoms with Crippen molar-refractivity contribution in [2.75, 3.05) is 52.4 Å². The number of carbonyl (C=O) groups excluding carboxylic acids is 3. The minimum Gasteiger partial charge on any atom is -0.467 e. The van der Waals surface area contributed by atoms with Crippen molar-refractivity contribution in [2.24, 2.45) is 5.92 Å². The van der Waals surface area contributed by atoms with Crippen LogP contribution in [0.5, 0.6) is 0 Å². The van der Waals surface area contributed by atoms with Crippen molar-refractivity contribution in [1.29, 1.82) is 0 Å². The van der Waals surface area contributed by atoms with Gasteiger partial charge in [-0.05, 0) is 31.4 Å². The molecule has 1 unspecified atom stereocenters. The molecular weight excluding hydrogens is 372 g/mol. The Kier molecular flexibility index (Phi) is 6.18. The van der Waals surface area contributed by atoms with Crippen molar-refractivity contribution in [1.82, 2.24) is 19.6 Å². The average molecular weight is 402 g/mol. The van der Waals surface area contributed by atoms with E-state index in [4.69, 9.17) is 4.42 Å². The molecule has 3 fully saturated rings. The lowest BCUT2D eigenvalue weighted by Gasteiger charge is -2.36. The average Bonchev–Trinajstić information content (AvgIpc) is 3.39. The number of carbonyl (C=O) groups is 3. The summed E-state index contributed by atoms with van der Waals surface area (Å²) >= 11 is 0. The molecule has 8 nitrogen and oxygen atoms in total. The highest BCUT2D eigenvalue weighted by atomic mass is 16.3. The third kappa shape index (κ3) is 4.80. The number of nitrogens with zero attached hydrogens (tertiary/aromatic N) is 4. The Balaban J connectivity index is 1.23. The van der Waals surface area contributed by atoms with E-state index < -0.39 is 0 Å². The zero-order valence-corrected chi connectivity index (χ0v) is 16.9. The van der Waals surface area contributed by atoms with E-state index in [9.17, 15) is 14.4 Å². The molecule has 3 saturated heterocycles. The number of hydrogen-bond acceptors (Lipinski definition) is 5. The highest BCUT2D eigenvalue weighted by Crippen LogP contribution is 2.23. The molecule has 29 heavy (non-hydrogen) atoms. The van der Waals surface area contributed by atoms with Crippen molar-refractivity contribution < 1.29 is 18.8 Å². The molecule has 1 aromatic rings. The predicted molar refractivity (Wildman–Crippen MR) is 106 cm³/mol. The van der Waals surface area contributed by atoms with Gasteiger partial charge in [-0.15, -0.1) is 0 Å². The van der Waals surface area contributed by atoms with E-state index in [0.29, 0.717) is 45.8 Å². The van der Waals surface area contributed by atoms with Gasteiger partial charge in [-0.2, -0.15) is 0 Å². The van der Waals surface area contributed by atoms with Crippen molar-refractivity contribution in [3.63, 3.8) is 0 Å². The van der Waals surface area contributed by atoms with Gasteiger partial charge >= 0.3 is 0 Å². The molecule has 0 aliphatic carbocycles. The fourth-order valence-electron chi connectivity index (χ4n) is 4.50. The van der Waals surface area contributed by atoms with E-state index >= 15 is 0 Å². The normalized spacial score (nSPS) is 23.7. The van der Waals surface area contributed by atoms with Crippen molar-refractivity contribution in [3.8, 4) is 0 Å². The Morgan fingerprint density at radius 2 is 1.76 bits per heavy atom. The van der Waals surface area contributed by atoms with Crippen LogP contribution >= 0.6 is 0 Å². The topological polar surface area (TPSA) is 77.3 Å². The van der Waals surface area contributed by atoms with Gasteiger partial charge in [-0.25, -0.2) is 0 Å². The Labute approximate surface area is 171 Å². The fourth-order valence-corrected chi connectivity index (χ4v) is 4.50. The third-order valence-electron chi connectivity index (χ3n) is 6.24. The summed E-state index contributed by atoms with van der Waals surface area (Å²) in [5.41, 5.74) is 0. The summed E-state index contributed by atoms with van der Waals surface area (Å²) in [6.45, 7) is 5.73. The van der Waals surface area contributed by atoms with Crippen LogP contribution in [0.15, 0.2) is 22.8 Å². The lowest BCUT2D eigenvalue weighted by atomic mass is 10.1. The first-order valence-corrected chi connectivity index (χ1v) is 10.7. The lowest BCUT2D eigenvalue weighted by molar-refractivity contribution is -0.138. The van der Waals surface area contributed by atoms with E-state index in [1.165, 1.54) is 6.42 Å². The second-order valence-electron chi connectivity index (χ2n) is 8.30. The van der Waals surface area contributed by atoms with E-state index in [-0.39, 0.29) is 30.1 Å². The third-order valence-corrected chi connectivity index (χ3v) is 6.24. The summed E-state index contributed by atoms with van der Waals surface area (Å²) in [4.78, 5) is 45.3. The van der Waals surface area contributed by atoms with Crippen LogP contribution in [0.3, 0.4) is 0 Å². The molecule has 0 radical (unpaired) electrons. The van der Waals surface area contributed by atoms with Gasteiger partial charge in [-0.1, -0.05) is 0 Å². The minimum atomic E-state index is -0.279. The smallest absolute Gasteiger partial charge is 0.236 e. The SMILES string of the molecule is O=C(CN1CCN(C(=O)C2CC(=O)N(Cc3ccco3)C2)CC1)N1CCCCC1. The molecule has 4 rings (SSSR count). The summed E-state index contributed by atoms with van der Waals surface area (Å²) in [6.07, 6.45) is 5.28. The van der Waals surface area contributed by atoms with Gasteiger partial charge in [0, 0.05) is 52.2 Å². The van der Waals surface area contributed by atoms with E-state index in [1.54, 1.807) is 17.2 Å². The molecule has 0 bridgehead atoms. The molecule has 8 heteroatoms. The van der Waals surface area contributed by atoms with Crippen LogP contribution in [0.25, 0.3) is 0 Å². The Morgan fingerprint density at radius 3 is 2.45 bits per heavy atom. The van der Waals surface area contributed by atoms with Gasteiger partial charge in [0.2, 0.25) is 17.7 Å². The van der Waals surface area contributed by atoms with Gasteiger partial charge in [0.15, 0.2) is 0 Å². The van der Waals surface area contributed by atoms with Crippen LogP contribution in [0.4, 0.5) is 0 Å². The van der Waals surface area contributed by atoms with Crippen LogP contribution in [0.2, 0.25) is 0 Å². The zero-order chi connectivity index (χ0) is 20.2. The number of furan rings is 1. The maximum absolute atomic E-state index is 12.9. The molecule has 158 valence electrons. The van der Waals surface area contributed by atoms with Gasteiger partial charge < -0.3 is 19.1 Å². The first kappa shape index (κ1) is 19.9. The number of piperidine rings is 1. The molecule has 0 spiro atoms. The van der Waals surface area contributed by atoms with Crippen LogP contribution in [-0.2, 0) is 20.9 Å². The minimum absolute atomic E-state index is 0.00511. The summed E-state index contributed by atoms with van der Waals surface area (Å²) in [5, 5.41) is 0. The monoisotopic (exact) mass is 402 g/mol. The molecule has 1 atom stereocenters. The molecule has 3 aliphatic heterocycles. The molecule has 1 aromatic heterocycles. The van der Waals surface area contributed by atoms with Gasteiger partial charge in [-0.3, -0.25) is 19.3 Å². The van der Waals surface area contributed by atoms with Crippen molar-refractivity contribution in [3.05, 3.63) is 24.2 Å². The second kappa shape index (κ2) is 8.98. The number of piperazine rings is 1. The molecule has 4 heterocycles. The van der Waals surface area contributed by atoms with E-state index in [2.05, 4.69) is 4.90 Å². The maximum Gasteiger partial charge on any atom is 0.236 e. The predicted octanol–water partition coefficient (Wildman–Crippen LogP) is 0.785. The fraction of sp³-hybridized carbons (Fsp3) is 0.667. The lowest BCUT2D eigenvalue weighted by Crippen LogP contribution is -2.53. The summed E-state index contributed by atoms with van der Waals surface area (Å²) in [6, 6.07) is 3.64. The van der Waals surface area contributed by atoms with Crippen LogP contribution < -0.4 is 0 Å². The number of rotatable bonds is 5. The van der Waals surface area contributed by atoms with Crippen LogP contribution in [0.1, 0.15) is 31.4 Å². The molecule has 0 aromatic carbocycles. The summed E-state index contributed by atoms with van der Waals surface area (Å²) < 4.78 is 5.32. The van der Waals surface area contributed by atoms with E-state index in [0.717, 1.165) is 31.7 Å². The first-order valence-electron chi connectivity index (χ1n) is 10.7. The molecule has 3 amide bonds. The van der Waals surface area contributed by atoms with E-state index in [1.807, 2.05) is 15.9 Å². The second-order valence-corrected chi connectivity index (χ2v) is 8.30. The number of likely N-dealkylation sites (tertiary alicyclic amines) is 2. The van der Waals surface area contributed by atoms with Crippen molar-refractivity contribution in [2.45, 2.75) is 32.2 Å². The number of amides is 3. The van der Waals surface area contributed by atoms with Gasteiger partial charge in [0.1, 0.15) is 5.76 Å². The van der Waals surface area contributed by atoms with Crippen molar-refractivity contribution >= 4 is 17.7 Å². The van der Waals surface area contributed by atoms with Crippen LogP contribution in [-0.4, -0.2) is 89.7 Å². The summed E-state index contributed by atoms with van der Waals surface area (Å²) in [7, 11) is 0. The quantitative estimate of drug-likeness (QED) is 0.728. The first-order chi connectivity index (χ1) is 14.1. The molecule has 0 N–H and O–H groups in total. The van der Waals surface area contributed by atoms with Crippen LogP contribution in [0, 0.1) is 5.92 Å². The molecular formula is C21H30N4O4. The Morgan fingerprint density at radius 1 is 1.00 bits per heavy atom. The van der Waals surface area contributed by atoms with Gasteiger partial charge in [0.25, 0.3) is 0 Å². The standard InChI is InChI=1S/C21H30N4O4/c26-19-13-17(14-25(19)15-18-5-4-12-29-18)21(28)24-10-8-22(9-11-24)16-20(27)23-6-2-1-3-7-23/h4-5,12,17H,1-3,6-11,13-16H2. The highest BCUT2D eigenvalue weighted by molar-refractivity contribution is 5.89. The molecule has 0 saturated carbocycles. The number of hydrogen-bond donors (Lipinski definition) is 0. The summed E-state index contributed by atoms with van der Waals surface area (Å²) in [5.74, 6) is 0.727. The largest absolute Gasteiger partial charge is 0.467 e. The zero-order valence-electron chi connectivity index (χ0n) is 16.9.